The Hall–Kier alpha value is -2.12. The lowest BCUT2D eigenvalue weighted by atomic mass is 10.1. The van der Waals surface area contributed by atoms with Crippen molar-refractivity contribution in [2.45, 2.75) is 12.5 Å². The van der Waals surface area contributed by atoms with Gasteiger partial charge in [-0.05, 0) is 18.2 Å². The number of anilines is 1. The fourth-order valence-electron chi connectivity index (χ4n) is 1.58. The van der Waals surface area contributed by atoms with Crippen LogP contribution in [0.2, 0.25) is 5.02 Å². The molecule has 0 spiro atoms. The molecule has 0 saturated carbocycles. The van der Waals surface area contributed by atoms with Crippen LogP contribution in [0.1, 0.15) is 6.42 Å². The van der Waals surface area contributed by atoms with Crippen LogP contribution in [-0.4, -0.2) is 35.5 Å². The van der Waals surface area contributed by atoms with E-state index in [0.717, 1.165) is 4.90 Å². The van der Waals surface area contributed by atoms with Gasteiger partial charge in [-0.1, -0.05) is 17.7 Å². The molecule has 0 aliphatic rings. The summed E-state index contributed by atoms with van der Waals surface area (Å²) in [4.78, 5) is 34.7. The van der Waals surface area contributed by atoms with Crippen molar-refractivity contribution in [1.29, 1.82) is 0 Å². The first kappa shape index (κ1) is 15.9. The lowest BCUT2D eigenvalue weighted by molar-refractivity contribution is -0.136. The van der Waals surface area contributed by atoms with Crippen molar-refractivity contribution in [2.24, 2.45) is 11.5 Å². The fraction of sp³-hybridized carbons (Fsp3) is 0.250. The number of hydrogen-bond donors (Lipinski definition) is 3. The van der Waals surface area contributed by atoms with Gasteiger partial charge in [-0.25, -0.2) is 0 Å². The smallest absolute Gasteiger partial charge is 0.323 e. The number of carboxylic acid groups (broad SMARTS) is 1. The Labute approximate surface area is 120 Å². The SMILES string of the molecule is NC(=O)CC(N)C(=O)N(CC(=O)O)c1cccc(Cl)c1. The van der Waals surface area contributed by atoms with E-state index in [-0.39, 0.29) is 12.1 Å². The molecule has 0 heterocycles. The molecule has 0 aliphatic carbocycles. The van der Waals surface area contributed by atoms with Gasteiger partial charge in [0.1, 0.15) is 6.54 Å². The van der Waals surface area contributed by atoms with Crippen LogP contribution < -0.4 is 16.4 Å². The number of carbonyl (C=O) groups is 3. The zero-order valence-corrected chi connectivity index (χ0v) is 11.2. The molecule has 0 aliphatic heterocycles. The number of nitrogens with zero attached hydrogens (tertiary/aromatic N) is 1. The maximum Gasteiger partial charge on any atom is 0.323 e. The Morgan fingerprint density at radius 1 is 1.35 bits per heavy atom. The summed E-state index contributed by atoms with van der Waals surface area (Å²) >= 11 is 5.80. The summed E-state index contributed by atoms with van der Waals surface area (Å²) in [5.74, 6) is -2.68. The van der Waals surface area contributed by atoms with E-state index in [1.165, 1.54) is 12.1 Å². The number of carbonyl (C=O) groups excluding carboxylic acids is 2. The summed E-state index contributed by atoms with van der Waals surface area (Å²) in [5, 5.41) is 9.21. The number of nitrogens with two attached hydrogens (primary N) is 2. The molecule has 0 fully saturated rings. The van der Waals surface area contributed by atoms with Gasteiger partial charge in [0.15, 0.2) is 0 Å². The van der Waals surface area contributed by atoms with Crippen molar-refractivity contribution in [1.82, 2.24) is 0 Å². The van der Waals surface area contributed by atoms with Crippen molar-refractivity contribution < 1.29 is 19.5 Å². The Morgan fingerprint density at radius 2 is 2.00 bits per heavy atom. The quantitative estimate of drug-likeness (QED) is 0.679. The minimum absolute atomic E-state index is 0.282. The summed E-state index contributed by atoms with van der Waals surface area (Å²) in [6, 6.07) is 4.89. The average Bonchev–Trinajstić information content (AvgIpc) is 2.34. The van der Waals surface area contributed by atoms with Crippen molar-refractivity contribution in [3.05, 3.63) is 29.3 Å². The topological polar surface area (TPSA) is 127 Å². The van der Waals surface area contributed by atoms with Crippen LogP contribution in [0.4, 0.5) is 5.69 Å². The first-order chi connectivity index (χ1) is 9.31. The van der Waals surface area contributed by atoms with E-state index in [2.05, 4.69) is 0 Å². The van der Waals surface area contributed by atoms with E-state index < -0.39 is 30.4 Å². The Kier molecular flexibility index (Phi) is 5.48. The minimum atomic E-state index is -1.22. The first-order valence-electron chi connectivity index (χ1n) is 5.64. The standard InChI is InChI=1S/C12H14ClN3O4/c13-7-2-1-3-8(4-7)16(6-11(18)19)12(20)9(14)5-10(15)17/h1-4,9H,5-6,14H2,(H2,15,17)(H,18,19). The maximum atomic E-state index is 12.1. The van der Waals surface area contributed by atoms with Crippen LogP contribution in [0.5, 0.6) is 0 Å². The van der Waals surface area contributed by atoms with E-state index in [0.29, 0.717) is 5.02 Å². The molecule has 1 rings (SSSR count). The predicted molar refractivity (Wildman–Crippen MR) is 73.2 cm³/mol. The molecule has 0 saturated heterocycles. The Bertz CT molecular complexity index is 535. The highest BCUT2D eigenvalue weighted by molar-refractivity contribution is 6.31. The molecule has 0 bridgehead atoms. The van der Waals surface area contributed by atoms with Crippen LogP contribution in [0.25, 0.3) is 0 Å². The highest BCUT2D eigenvalue weighted by atomic mass is 35.5. The van der Waals surface area contributed by atoms with Gasteiger partial charge in [-0.3, -0.25) is 19.3 Å². The van der Waals surface area contributed by atoms with Crippen LogP contribution >= 0.6 is 11.6 Å². The van der Waals surface area contributed by atoms with Crippen molar-refractivity contribution in [3.63, 3.8) is 0 Å². The van der Waals surface area contributed by atoms with E-state index in [9.17, 15) is 14.4 Å². The number of hydrogen-bond acceptors (Lipinski definition) is 4. The van der Waals surface area contributed by atoms with Crippen molar-refractivity contribution >= 4 is 35.1 Å². The maximum absolute atomic E-state index is 12.1. The van der Waals surface area contributed by atoms with Gasteiger partial charge in [-0.15, -0.1) is 0 Å². The zero-order chi connectivity index (χ0) is 15.3. The van der Waals surface area contributed by atoms with E-state index in [4.69, 9.17) is 28.2 Å². The van der Waals surface area contributed by atoms with Crippen LogP contribution in [0, 0.1) is 0 Å². The van der Waals surface area contributed by atoms with E-state index in [1.54, 1.807) is 12.1 Å². The third kappa shape index (κ3) is 4.52. The lowest BCUT2D eigenvalue weighted by Gasteiger charge is -2.23. The molecule has 20 heavy (non-hydrogen) atoms. The molecule has 0 aromatic heterocycles. The van der Waals surface area contributed by atoms with Crippen molar-refractivity contribution in [3.8, 4) is 0 Å². The first-order valence-corrected chi connectivity index (χ1v) is 6.01. The zero-order valence-electron chi connectivity index (χ0n) is 10.5. The van der Waals surface area contributed by atoms with Crippen LogP contribution in [-0.2, 0) is 14.4 Å². The number of amides is 2. The van der Waals surface area contributed by atoms with Gasteiger partial charge in [0.05, 0.1) is 12.5 Å². The van der Waals surface area contributed by atoms with Gasteiger partial charge < -0.3 is 16.6 Å². The van der Waals surface area contributed by atoms with Gasteiger partial charge in [0.25, 0.3) is 0 Å². The molecule has 8 heteroatoms. The molecule has 1 aromatic rings. The summed E-state index contributed by atoms with van der Waals surface area (Å²) in [6.07, 6.45) is -0.366. The summed E-state index contributed by atoms with van der Waals surface area (Å²) in [6.45, 7) is -0.592. The number of rotatable bonds is 6. The van der Waals surface area contributed by atoms with Crippen LogP contribution in [0.15, 0.2) is 24.3 Å². The Balaban J connectivity index is 3.03. The number of benzene rings is 1. The lowest BCUT2D eigenvalue weighted by Crippen LogP contribution is -2.47. The normalized spacial score (nSPS) is 11.7. The molecule has 1 atom stereocenters. The van der Waals surface area contributed by atoms with Crippen molar-refractivity contribution in [2.75, 3.05) is 11.4 Å². The molecular formula is C12H14ClN3O4. The van der Waals surface area contributed by atoms with Crippen LogP contribution in [0.3, 0.4) is 0 Å². The summed E-state index contributed by atoms with van der Waals surface area (Å²) in [5.41, 5.74) is 10.8. The molecule has 1 aromatic carbocycles. The third-order valence-corrected chi connectivity index (χ3v) is 2.65. The number of carboxylic acids is 1. The monoisotopic (exact) mass is 299 g/mol. The molecule has 7 nitrogen and oxygen atoms in total. The van der Waals surface area contributed by atoms with E-state index >= 15 is 0 Å². The summed E-state index contributed by atoms with van der Waals surface area (Å²) < 4.78 is 0. The van der Waals surface area contributed by atoms with Gasteiger partial charge in [0, 0.05) is 10.7 Å². The second-order valence-electron chi connectivity index (χ2n) is 4.07. The molecule has 1 unspecified atom stereocenters. The fourth-order valence-corrected chi connectivity index (χ4v) is 1.76. The van der Waals surface area contributed by atoms with E-state index in [1.807, 2.05) is 0 Å². The summed E-state index contributed by atoms with van der Waals surface area (Å²) in [7, 11) is 0. The number of primary amides is 1. The molecule has 5 N–H and O–H groups in total. The molecule has 0 radical (unpaired) electrons. The second-order valence-corrected chi connectivity index (χ2v) is 4.51. The third-order valence-electron chi connectivity index (χ3n) is 2.42. The number of aliphatic carboxylic acids is 1. The predicted octanol–water partition coefficient (Wildman–Crippen LogP) is -0.0397. The van der Waals surface area contributed by atoms with Gasteiger partial charge in [0.2, 0.25) is 11.8 Å². The highest BCUT2D eigenvalue weighted by Crippen LogP contribution is 2.20. The second kappa shape index (κ2) is 6.88. The Morgan fingerprint density at radius 3 is 2.50 bits per heavy atom. The molecular weight excluding hydrogens is 286 g/mol. The molecule has 108 valence electrons. The largest absolute Gasteiger partial charge is 0.480 e. The van der Waals surface area contributed by atoms with Gasteiger partial charge >= 0.3 is 5.97 Å². The number of halogens is 1. The minimum Gasteiger partial charge on any atom is -0.480 e. The highest BCUT2D eigenvalue weighted by Gasteiger charge is 2.25. The molecule has 2 amide bonds. The average molecular weight is 300 g/mol. The van der Waals surface area contributed by atoms with Gasteiger partial charge in [-0.2, -0.15) is 0 Å².